The van der Waals surface area contributed by atoms with Gasteiger partial charge < -0.3 is 5.73 Å². The molecule has 0 saturated heterocycles. The molecule has 3 nitrogen and oxygen atoms in total. The summed E-state index contributed by atoms with van der Waals surface area (Å²) in [5.41, 5.74) is 8.83. The summed E-state index contributed by atoms with van der Waals surface area (Å²) in [6.45, 7) is 3.96. The minimum Gasteiger partial charge on any atom is -0.396 e. The number of hydrogen-bond donors (Lipinski definition) is 1. The summed E-state index contributed by atoms with van der Waals surface area (Å²) in [5, 5.41) is 0.930. The van der Waals surface area contributed by atoms with E-state index >= 15 is 0 Å². The third-order valence-corrected chi connectivity index (χ3v) is 5.97. The average molecular weight is 302 g/mol. The highest BCUT2D eigenvalue weighted by molar-refractivity contribution is 7.87. The van der Waals surface area contributed by atoms with Crippen LogP contribution < -0.4 is 5.73 Å². The van der Waals surface area contributed by atoms with E-state index in [0.29, 0.717) is 9.90 Å². The van der Waals surface area contributed by atoms with Crippen LogP contribution in [0.3, 0.4) is 0 Å². The van der Waals surface area contributed by atoms with Crippen LogP contribution in [0.2, 0.25) is 0 Å². The van der Waals surface area contributed by atoms with Crippen molar-refractivity contribution in [1.82, 2.24) is 4.98 Å². The lowest BCUT2D eigenvalue weighted by Gasteiger charge is -2.01. The molecule has 102 valence electrons. The molecule has 5 heteroatoms. The van der Waals surface area contributed by atoms with Crippen molar-refractivity contribution < 1.29 is 4.21 Å². The number of nitrogens with two attached hydrogens (primary N) is 1. The number of pyridine rings is 1. The average Bonchev–Trinajstić information content (AvgIpc) is 2.76. The Bertz CT molecular complexity index is 810. The molecule has 3 aromatic rings. The zero-order valence-electron chi connectivity index (χ0n) is 11.2. The molecule has 1 atom stereocenters. The number of fused-ring (bicyclic) bond motifs is 1. The number of aromatic nitrogens is 1. The van der Waals surface area contributed by atoms with Gasteiger partial charge in [-0.1, -0.05) is 18.2 Å². The van der Waals surface area contributed by atoms with E-state index in [-0.39, 0.29) is 0 Å². The Hall–Kier alpha value is -1.72. The first-order valence-electron chi connectivity index (χ1n) is 6.21. The fourth-order valence-corrected chi connectivity index (χ4v) is 4.94. The van der Waals surface area contributed by atoms with E-state index in [4.69, 9.17) is 5.73 Å². The van der Waals surface area contributed by atoms with E-state index in [1.165, 1.54) is 11.3 Å². The topological polar surface area (TPSA) is 56.0 Å². The van der Waals surface area contributed by atoms with Crippen molar-refractivity contribution in [2.24, 2.45) is 0 Å². The van der Waals surface area contributed by atoms with Crippen LogP contribution in [-0.2, 0) is 10.8 Å². The molecule has 0 radical (unpaired) electrons. The zero-order valence-corrected chi connectivity index (χ0v) is 12.8. The highest BCUT2D eigenvalue weighted by Gasteiger charge is 2.18. The van der Waals surface area contributed by atoms with Gasteiger partial charge in [-0.2, -0.15) is 0 Å². The molecule has 0 amide bonds. The number of nitrogen functional groups attached to an aromatic ring is 1. The summed E-state index contributed by atoms with van der Waals surface area (Å²) in [4.78, 5) is 6.12. The molecule has 0 spiro atoms. The molecule has 2 N–H and O–H groups in total. The molecule has 0 saturated carbocycles. The second kappa shape index (κ2) is 5.00. The van der Waals surface area contributed by atoms with Gasteiger partial charge in [0.15, 0.2) is 0 Å². The van der Waals surface area contributed by atoms with Crippen molar-refractivity contribution >= 4 is 38.0 Å². The Morgan fingerprint density at radius 2 is 1.90 bits per heavy atom. The van der Waals surface area contributed by atoms with Gasteiger partial charge in [0.05, 0.1) is 16.5 Å². The first kappa shape index (κ1) is 13.3. The SMILES string of the molecule is Cc1cc(C)c2c(N)c(S(=O)c3ccccc3)sc2n1. The molecule has 0 bridgehead atoms. The van der Waals surface area contributed by atoms with Crippen molar-refractivity contribution in [2.75, 3.05) is 5.73 Å². The fraction of sp³-hybridized carbons (Fsp3) is 0.133. The lowest BCUT2D eigenvalue weighted by Crippen LogP contribution is -1.95. The van der Waals surface area contributed by atoms with Crippen molar-refractivity contribution in [3.05, 3.63) is 47.7 Å². The molecule has 1 aromatic carbocycles. The summed E-state index contributed by atoms with van der Waals surface area (Å²) >= 11 is 1.42. The normalized spacial score (nSPS) is 12.7. The highest BCUT2D eigenvalue weighted by atomic mass is 32.2. The largest absolute Gasteiger partial charge is 0.396 e. The Morgan fingerprint density at radius 1 is 1.20 bits per heavy atom. The van der Waals surface area contributed by atoms with Gasteiger partial charge in [-0.15, -0.1) is 11.3 Å². The Labute approximate surface area is 123 Å². The van der Waals surface area contributed by atoms with Crippen molar-refractivity contribution in [1.29, 1.82) is 0 Å². The van der Waals surface area contributed by atoms with E-state index in [9.17, 15) is 4.21 Å². The maximum atomic E-state index is 12.6. The second-order valence-corrected chi connectivity index (χ2v) is 7.32. The number of thiophene rings is 1. The quantitative estimate of drug-likeness (QED) is 0.786. The summed E-state index contributed by atoms with van der Waals surface area (Å²) in [7, 11) is -1.25. The monoisotopic (exact) mass is 302 g/mol. The van der Waals surface area contributed by atoms with Crippen LogP contribution in [-0.4, -0.2) is 9.19 Å². The van der Waals surface area contributed by atoms with E-state index in [0.717, 1.165) is 26.4 Å². The number of benzene rings is 1. The summed E-state index contributed by atoms with van der Waals surface area (Å²) in [6, 6.07) is 11.4. The van der Waals surface area contributed by atoms with Crippen LogP contribution in [0.1, 0.15) is 11.3 Å². The number of hydrogen-bond acceptors (Lipinski definition) is 4. The predicted octanol–water partition coefficient (Wildman–Crippen LogP) is 3.66. The van der Waals surface area contributed by atoms with Crippen molar-refractivity contribution in [3.63, 3.8) is 0 Å². The highest BCUT2D eigenvalue weighted by Crippen LogP contribution is 2.38. The van der Waals surface area contributed by atoms with Gasteiger partial charge in [0, 0.05) is 16.0 Å². The van der Waals surface area contributed by atoms with Gasteiger partial charge in [-0.25, -0.2) is 9.19 Å². The standard InChI is InChI=1S/C15H14N2OS2/c1-9-8-10(2)17-14-12(9)13(16)15(19-14)20(18)11-6-4-3-5-7-11/h3-8H,16H2,1-2H3. The van der Waals surface area contributed by atoms with Gasteiger partial charge in [0.25, 0.3) is 0 Å². The predicted molar refractivity (Wildman–Crippen MR) is 84.6 cm³/mol. The minimum absolute atomic E-state index is 0.595. The smallest absolute Gasteiger partial charge is 0.127 e. The molecule has 3 rings (SSSR count). The van der Waals surface area contributed by atoms with Gasteiger partial charge in [-0.05, 0) is 37.6 Å². The number of aryl methyl sites for hydroxylation is 2. The fourth-order valence-electron chi connectivity index (χ4n) is 2.24. The molecule has 0 fully saturated rings. The van der Waals surface area contributed by atoms with E-state index in [2.05, 4.69) is 4.98 Å². The van der Waals surface area contributed by atoms with Crippen LogP contribution in [0, 0.1) is 13.8 Å². The van der Waals surface area contributed by atoms with Crippen LogP contribution in [0.15, 0.2) is 45.5 Å². The number of nitrogens with zero attached hydrogens (tertiary/aromatic N) is 1. The molecular formula is C15H14N2OS2. The molecule has 0 aliphatic rings. The van der Waals surface area contributed by atoms with E-state index in [1.54, 1.807) is 0 Å². The summed E-state index contributed by atoms with van der Waals surface area (Å²) in [6.07, 6.45) is 0. The Morgan fingerprint density at radius 3 is 2.60 bits per heavy atom. The van der Waals surface area contributed by atoms with Gasteiger partial charge >= 0.3 is 0 Å². The van der Waals surface area contributed by atoms with Gasteiger partial charge in [0.2, 0.25) is 0 Å². The molecule has 1 unspecified atom stereocenters. The molecule has 2 heterocycles. The molecule has 20 heavy (non-hydrogen) atoms. The molecular weight excluding hydrogens is 288 g/mol. The molecule has 0 aliphatic heterocycles. The zero-order chi connectivity index (χ0) is 14.3. The Balaban J connectivity index is 2.21. The summed E-state index contributed by atoms with van der Waals surface area (Å²) in [5.74, 6) is 0. The van der Waals surface area contributed by atoms with Crippen LogP contribution in [0.25, 0.3) is 10.2 Å². The third kappa shape index (κ3) is 2.13. The van der Waals surface area contributed by atoms with E-state index in [1.807, 2.05) is 50.2 Å². The lowest BCUT2D eigenvalue weighted by atomic mass is 10.2. The third-order valence-electron chi connectivity index (χ3n) is 3.12. The van der Waals surface area contributed by atoms with E-state index < -0.39 is 10.8 Å². The number of anilines is 1. The maximum absolute atomic E-state index is 12.6. The molecule has 2 aromatic heterocycles. The van der Waals surface area contributed by atoms with Crippen LogP contribution in [0.5, 0.6) is 0 Å². The van der Waals surface area contributed by atoms with Gasteiger partial charge in [-0.3, -0.25) is 0 Å². The first-order chi connectivity index (χ1) is 9.58. The van der Waals surface area contributed by atoms with Crippen LogP contribution >= 0.6 is 11.3 Å². The first-order valence-corrected chi connectivity index (χ1v) is 8.17. The Kier molecular flexibility index (Phi) is 3.31. The maximum Gasteiger partial charge on any atom is 0.127 e. The minimum atomic E-state index is -1.25. The summed E-state index contributed by atoms with van der Waals surface area (Å²) < 4.78 is 13.3. The van der Waals surface area contributed by atoms with Crippen molar-refractivity contribution in [2.45, 2.75) is 23.0 Å². The number of rotatable bonds is 2. The molecule has 0 aliphatic carbocycles. The van der Waals surface area contributed by atoms with Gasteiger partial charge in [0.1, 0.15) is 9.04 Å². The lowest BCUT2D eigenvalue weighted by molar-refractivity contribution is 0.684. The van der Waals surface area contributed by atoms with Crippen LogP contribution in [0.4, 0.5) is 5.69 Å². The second-order valence-electron chi connectivity index (χ2n) is 4.65. The van der Waals surface area contributed by atoms with Crippen molar-refractivity contribution in [3.8, 4) is 0 Å².